The van der Waals surface area contributed by atoms with Gasteiger partial charge in [0.05, 0.1) is 15.5 Å². The zero-order chi connectivity index (χ0) is 18.1. The molecule has 0 aromatic heterocycles. The van der Waals surface area contributed by atoms with Crippen LogP contribution in [0.4, 0.5) is 28.9 Å². The number of nitrogens with one attached hydrogen (secondary N) is 1. The number of nitro benzene ring substituents is 1. The van der Waals surface area contributed by atoms with Crippen molar-refractivity contribution >= 4 is 27.3 Å². The number of nitro groups is 1. The highest BCUT2D eigenvalue weighted by atomic mass is 79.9. The summed E-state index contributed by atoms with van der Waals surface area (Å²) < 4.78 is 62.7. The zero-order valence-electron chi connectivity index (χ0n) is 12.3. The SMILES string of the molecule is COC(Nc1c([N+](=O)[O-])cc(Br)c(F)c1C1CCCO1)C(F)(F)F. The Labute approximate surface area is 142 Å². The van der Waals surface area contributed by atoms with E-state index in [4.69, 9.17) is 4.74 Å². The molecule has 1 aliphatic rings. The molecule has 11 heteroatoms. The normalized spacial score (nSPS) is 19.3. The summed E-state index contributed by atoms with van der Waals surface area (Å²) in [5, 5.41) is 13.1. The van der Waals surface area contributed by atoms with Gasteiger partial charge in [-0.3, -0.25) is 10.1 Å². The highest BCUT2D eigenvalue weighted by Gasteiger charge is 2.43. The van der Waals surface area contributed by atoms with Gasteiger partial charge in [-0.2, -0.15) is 13.2 Å². The summed E-state index contributed by atoms with van der Waals surface area (Å²) in [6.07, 6.45) is -7.36. The quantitative estimate of drug-likeness (QED) is 0.335. The number of ether oxygens (including phenoxy) is 2. The highest BCUT2D eigenvalue weighted by molar-refractivity contribution is 9.10. The Morgan fingerprint density at radius 1 is 1.54 bits per heavy atom. The van der Waals surface area contributed by atoms with Gasteiger partial charge in [0.2, 0.25) is 6.23 Å². The minimum atomic E-state index is -4.85. The van der Waals surface area contributed by atoms with Crippen LogP contribution in [0.25, 0.3) is 0 Å². The van der Waals surface area contributed by atoms with E-state index in [0.29, 0.717) is 12.8 Å². The molecule has 0 amide bonds. The van der Waals surface area contributed by atoms with Gasteiger partial charge >= 0.3 is 6.18 Å². The number of alkyl halides is 3. The molecule has 24 heavy (non-hydrogen) atoms. The molecule has 1 aliphatic heterocycles. The monoisotopic (exact) mass is 416 g/mol. The van der Waals surface area contributed by atoms with Crippen LogP contribution in [0.15, 0.2) is 10.5 Å². The molecule has 1 fully saturated rings. The molecule has 0 radical (unpaired) electrons. The van der Waals surface area contributed by atoms with Gasteiger partial charge in [-0.05, 0) is 28.8 Å². The number of hydrogen-bond acceptors (Lipinski definition) is 5. The summed E-state index contributed by atoms with van der Waals surface area (Å²) in [6, 6.07) is 0.805. The maximum atomic E-state index is 14.5. The Morgan fingerprint density at radius 3 is 2.67 bits per heavy atom. The van der Waals surface area contributed by atoms with Crippen molar-refractivity contribution in [2.75, 3.05) is 19.0 Å². The van der Waals surface area contributed by atoms with E-state index >= 15 is 0 Å². The average molecular weight is 417 g/mol. The van der Waals surface area contributed by atoms with Crippen LogP contribution < -0.4 is 5.32 Å². The minimum Gasteiger partial charge on any atom is -0.373 e. The van der Waals surface area contributed by atoms with Crippen molar-refractivity contribution in [3.05, 3.63) is 32.0 Å². The van der Waals surface area contributed by atoms with Crippen LogP contribution in [-0.2, 0) is 9.47 Å². The largest absolute Gasteiger partial charge is 0.433 e. The van der Waals surface area contributed by atoms with Crippen molar-refractivity contribution in [2.45, 2.75) is 31.3 Å². The first-order valence-corrected chi connectivity index (χ1v) is 7.60. The van der Waals surface area contributed by atoms with Gasteiger partial charge in [0, 0.05) is 25.3 Å². The van der Waals surface area contributed by atoms with Crippen molar-refractivity contribution in [1.82, 2.24) is 0 Å². The first-order valence-electron chi connectivity index (χ1n) is 6.80. The molecule has 2 atom stereocenters. The Bertz CT molecular complexity index is 635. The maximum absolute atomic E-state index is 14.5. The van der Waals surface area contributed by atoms with Crippen LogP contribution in [0.3, 0.4) is 0 Å². The van der Waals surface area contributed by atoms with Crippen LogP contribution in [0.5, 0.6) is 0 Å². The molecular formula is C13H13BrF4N2O4. The molecule has 1 aromatic rings. The van der Waals surface area contributed by atoms with Crippen LogP contribution in [0.2, 0.25) is 0 Å². The molecule has 0 saturated carbocycles. The number of benzene rings is 1. The first kappa shape index (κ1) is 18.9. The Balaban J connectivity index is 2.61. The molecule has 6 nitrogen and oxygen atoms in total. The third kappa shape index (κ3) is 3.78. The van der Waals surface area contributed by atoms with Crippen molar-refractivity contribution in [2.24, 2.45) is 0 Å². The fraction of sp³-hybridized carbons (Fsp3) is 0.538. The Kier molecular flexibility index (Phi) is 5.66. The number of rotatable bonds is 5. The summed E-state index contributed by atoms with van der Waals surface area (Å²) in [4.78, 5) is 10.3. The van der Waals surface area contributed by atoms with E-state index in [1.165, 1.54) is 0 Å². The number of hydrogen-bond donors (Lipinski definition) is 1. The molecule has 2 rings (SSSR count). The van der Waals surface area contributed by atoms with E-state index in [1.54, 1.807) is 0 Å². The summed E-state index contributed by atoms with van der Waals surface area (Å²) in [6.45, 7) is 0.289. The van der Waals surface area contributed by atoms with Crippen LogP contribution in [0, 0.1) is 15.9 Å². The molecule has 1 aromatic carbocycles. The van der Waals surface area contributed by atoms with E-state index in [1.807, 2.05) is 5.32 Å². The summed E-state index contributed by atoms with van der Waals surface area (Å²) >= 11 is 2.85. The third-order valence-electron chi connectivity index (χ3n) is 3.49. The molecule has 1 heterocycles. The topological polar surface area (TPSA) is 73.6 Å². The molecule has 1 saturated heterocycles. The zero-order valence-corrected chi connectivity index (χ0v) is 13.9. The van der Waals surface area contributed by atoms with Crippen molar-refractivity contribution in [3.8, 4) is 0 Å². The average Bonchev–Trinajstić information content (AvgIpc) is 3.00. The highest BCUT2D eigenvalue weighted by Crippen LogP contribution is 2.44. The van der Waals surface area contributed by atoms with Gasteiger partial charge in [-0.25, -0.2) is 4.39 Å². The van der Waals surface area contributed by atoms with E-state index in [0.717, 1.165) is 13.2 Å². The van der Waals surface area contributed by atoms with Gasteiger partial charge in [0.1, 0.15) is 11.5 Å². The molecule has 0 aliphatic carbocycles. The van der Waals surface area contributed by atoms with Gasteiger partial charge in [-0.1, -0.05) is 0 Å². The van der Waals surface area contributed by atoms with E-state index in [9.17, 15) is 27.7 Å². The van der Waals surface area contributed by atoms with E-state index < -0.39 is 40.6 Å². The smallest absolute Gasteiger partial charge is 0.373 e. The van der Waals surface area contributed by atoms with Gasteiger partial charge in [0.25, 0.3) is 5.69 Å². The fourth-order valence-corrected chi connectivity index (χ4v) is 2.87. The maximum Gasteiger partial charge on any atom is 0.433 e. The van der Waals surface area contributed by atoms with Crippen molar-refractivity contribution < 1.29 is 32.0 Å². The second kappa shape index (κ2) is 7.19. The summed E-state index contributed by atoms with van der Waals surface area (Å²) in [7, 11) is 0.790. The summed E-state index contributed by atoms with van der Waals surface area (Å²) in [5.74, 6) is -0.910. The third-order valence-corrected chi connectivity index (χ3v) is 4.07. The molecular weight excluding hydrogens is 404 g/mol. The predicted molar refractivity (Wildman–Crippen MR) is 79.2 cm³/mol. The molecule has 0 bridgehead atoms. The van der Waals surface area contributed by atoms with Gasteiger partial charge < -0.3 is 14.8 Å². The van der Waals surface area contributed by atoms with Crippen molar-refractivity contribution in [3.63, 3.8) is 0 Å². The predicted octanol–water partition coefficient (Wildman–Crippen LogP) is 4.29. The minimum absolute atomic E-state index is 0.230. The van der Waals surface area contributed by atoms with Crippen molar-refractivity contribution in [1.29, 1.82) is 0 Å². The number of methoxy groups -OCH3 is 1. The van der Waals surface area contributed by atoms with Crippen LogP contribution >= 0.6 is 15.9 Å². The lowest BCUT2D eigenvalue weighted by atomic mass is 10.0. The number of anilines is 1. The lowest BCUT2D eigenvalue weighted by molar-refractivity contribution is -0.384. The van der Waals surface area contributed by atoms with Gasteiger partial charge in [-0.15, -0.1) is 0 Å². The molecule has 2 unspecified atom stereocenters. The lowest BCUT2D eigenvalue weighted by Gasteiger charge is -2.24. The van der Waals surface area contributed by atoms with E-state index in [2.05, 4.69) is 20.7 Å². The molecule has 0 spiro atoms. The van der Waals surface area contributed by atoms with E-state index in [-0.39, 0.29) is 16.6 Å². The summed E-state index contributed by atoms with van der Waals surface area (Å²) in [5.41, 5.74) is -1.63. The fourth-order valence-electron chi connectivity index (χ4n) is 2.44. The number of nitrogens with zero attached hydrogens (tertiary/aromatic N) is 1. The van der Waals surface area contributed by atoms with Crippen LogP contribution in [-0.4, -0.2) is 31.0 Å². The second-order valence-corrected chi connectivity index (χ2v) is 5.89. The number of halogens is 5. The second-order valence-electron chi connectivity index (χ2n) is 5.04. The van der Waals surface area contributed by atoms with Crippen LogP contribution in [0.1, 0.15) is 24.5 Å². The molecule has 1 N–H and O–H groups in total. The standard InChI is InChI=1S/C13H13BrF4N2O4/c1-23-12(13(16,17)18)19-11-7(20(21)22)5-6(14)10(15)9(11)8-3-2-4-24-8/h5,8,12,19H,2-4H2,1H3. The lowest BCUT2D eigenvalue weighted by Crippen LogP contribution is -2.38. The van der Waals surface area contributed by atoms with Gasteiger partial charge in [0.15, 0.2) is 0 Å². The first-order chi connectivity index (χ1) is 11.2. The Morgan fingerprint density at radius 2 is 2.21 bits per heavy atom. The molecule has 134 valence electrons. The Hall–Kier alpha value is -1.46.